The van der Waals surface area contributed by atoms with Crippen LogP contribution in [0.25, 0.3) is 0 Å². The molecule has 0 spiro atoms. The highest BCUT2D eigenvalue weighted by molar-refractivity contribution is 6.14. The fourth-order valence-corrected chi connectivity index (χ4v) is 0.874. The Balaban J connectivity index is 2.81. The highest BCUT2D eigenvalue weighted by Crippen LogP contribution is 2.06. The number of hydrogen-bond acceptors (Lipinski definition) is 3. The van der Waals surface area contributed by atoms with Crippen molar-refractivity contribution in [2.24, 2.45) is 0 Å². The van der Waals surface area contributed by atoms with Crippen LogP contribution >= 0.6 is 0 Å². The normalized spacial score (nSPS) is 19.2. The lowest BCUT2D eigenvalue weighted by Gasteiger charge is -2.16. The monoisotopic (exact) mass is 153 g/mol. The number of aldehydes is 1. The van der Waals surface area contributed by atoms with Gasteiger partial charge in [0.1, 0.15) is 6.29 Å². The van der Waals surface area contributed by atoms with Crippen LogP contribution in [0.4, 0.5) is 0 Å². The summed E-state index contributed by atoms with van der Waals surface area (Å²) in [5, 5.41) is 0. The maximum Gasteiger partial charge on any atom is 0.254 e. The zero-order valence-electron chi connectivity index (χ0n) is 5.98. The third-order valence-corrected chi connectivity index (χ3v) is 1.45. The molecule has 2 amide bonds. The summed E-state index contributed by atoms with van der Waals surface area (Å²) in [4.78, 5) is 32.8. The van der Waals surface area contributed by atoms with Gasteiger partial charge in [0.2, 0.25) is 0 Å². The van der Waals surface area contributed by atoms with Crippen LogP contribution in [0, 0.1) is 0 Å². The third-order valence-electron chi connectivity index (χ3n) is 1.45. The molecule has 0 aromatic carbocycles. The van der Waals surface area contributed by atoms with E-state index in [0.29, 0.717) is 6.29 Å². The lowest BCUT2D eigenvalue weighted by atomic mass is 10.3. The van der Waals surface area contributed by atoms with Gasteiger partial charge in [-0.2, -0.15) is 0 Å². The Morgan fingerprint density at radius 3 is 2.18 bits per heavy atom. The van der Waals surface area contributed by atoms with Crippen molar-refractivity contribution in [2.45, 2.75) is 13.0 Å². The molecule has 0 aromatic rings. The summed E-state index contributed by atoms with van der Waals surface area (Å²) in [6.45, 7) is 1.50. The van der Waals surface area contributed by atoms with E-state index < -0.39 is 17.9 Å². The molecule has 0 saturated heterocycles. The van der Waals surface area contributed by atoms with E-state index >= 15 is 0 Å². The first-order valence-corrected chi connectivity index (χ1v) is 3.17. The van der Waals surface area contributed by atoms with Crippen molar-refractivity contribution in [3.63, 3.8) is 0 Å². The molecule has 1 aliphatic rings. The number of carbonyl (C=O) groups excluding carboxylic acids is 3. The van der Waals surface area contributed by atoms with E-state index in [-0.39, 0.29) is 0 Å². The number of rotatable bonds is 2. The molecule has 1 rings (SSSR count). The molecule has 0 radical (unpaired) electrons. The number of amides is 2. The predicted octanol–water partition coefficient (Wildman–Crippen LogP) is -0.501. The Morgan fingerprint density at radius 1 is 1.36 bits per heavy atom. The SMILES string of the molecule is CC(C=O)N1C(=O)C=CC1=O. The van der Waals surface area contributed by atoms with Crippen molar-refractivity contribution >= 4 is 18.1 Å². The smallest absolute Gasteiger partial charge is 0.254 e. The first kappa shape index (κ1) is 7.65. The van der Waals surface area contributed by atoms with Gasteiger partial charge in [0, 0.05) is 12.2 Å². The van der Waals surface area contributed by atoms with Gasteiger partial charge in [0.05, 0.1) is 6.04 Å². The van der Waals surface area contributed by atoms with E-state index in [1.165, 1.54) is 6.92 Å². The first-order valence-electron chi connectivity index (χ1n) is 3.17. The molecule has 0 N–H and O–H groups in total. The van der Waals surface area contributed by atoms with Crippen molar-refractivity contribution in [3.8, 4) is 0 Å². The Hall–Kier alpha value is -1.45. The minimum absolute atomic E-state index is 0.422. The fraction of sp³-hybridized carbons (Fsp3) is 0.286. The molecule has 0 fully saturated rings. The lowest BCUT2D eigenvalue weighted by molar-refractivity contribution is -0.141. The van der Waals surface area contributed by atoms with Crippen LogP contribution < -0.4 is 0 Å². The van der Waals surface area contributed by atoms with Crippen LogP contribution in [-0.4, -0.2) is 29.0 Å². The van der Waals surface area contributed by atoms with Crippen LogP contribution in [0.2, 0.25) is 0 Å². The van der Waals surface area contributed by atoms with Gasteiger partial charge in [0.15, 0.2) is 0 Å². The van der Waals surface area contributed by atoms with Crippen LogP contribution in [0.1, 0.15) is 6.92 Å². The minimum atomic E-state index is -0.662. The molecule has 1 unspecified atom stereocenters. The van der Waals surface area contributed by atoms with Crippen molar-refractivity contribution in [1.82, 2.24) is 4.90 Å². The van der Waals surface area contributed by atoms with Crippen molar-refractivity contribution in [1.29, 1.82) is 0 Å². The van der Waals surface area contributed by atoms with Gasteiger partial charge in [-0.15, -0.1) is 0 Å². The Kier molecular flexibility index (Phi) is 1.85. The maximum atomic E-state index is 10.8. The number of hydrogen-bond donors (Lipinski definition) is 0. The summed E-state index contributed by atoms with van der Waals surface area (Å²) in [5.74, 6) is -0.843. The highest BCUT2D eigenvalue weighted by atomic mass is 16.2. The van der Waals surface area contributed by atoms with E-state index in [0.717, 1.165) is 17.1 Å². The summed E-state index contributed by atoms with van der Waals surface area (Å²) in [7, 11) is 0. The van der Waals surface area contributed by atoms with Gasteiger partial charge in [-0.25, -0.2) is 0 Å². The van der Waals surface area contributed by atoms with Gasteiger partial charge >= 0.3 is 0 Å². The molecule has 0 aromatic heterocycles. The summed E-state index contributed by atoms with van der Waals surface area (Å²) >= 11 is 0. The Bertz CT molecular complexity index is 226. The molecule has 4 heteroatoms. The molecule has 4 nitrogen and oxygen atoms in total. The van der Waals surface area contributed by atoms with Gasteiger partial charge < -0.3 is 4.79 Å². The molecule has 0 bridgehead atoms. The number of carbonyl (C=O) groups is 3. The predicted molar refractivity (Wildman–Crippen MR) is 36.5 cm³/mol. The number of nitrogens with zero attached hydrogens (tertiary/aromatic N) is 1. The van der Waals surface area contributed by atoms with Crippen LogP contribution in [0.15, 0.2) is 12.2 Å². The number of imide groups is 1. The minimum Gasteiger partial charge on any atom is -0.301 e. The van der Waals surface area contributed by atoms with Gasteiger partial charge in [-0.1, -0.05) is 0 Å². The molecule has 0 saturated carbocycles. The summed E-state index contributed by atoms with van der Waals surface area (Å²) in [5.41, 5.74) is 0. The van der Waals surface area contributed by atoms with Crippen LogP contribution in [0.5, 0.6) is 0 Å². The van der Waals surface area contributed by atoms with Crippen LogP contribution in [0.3, 0.4) is 0 Å². The maximum absolute atomic E-state index is 10.8. The van der Waals surface area contributed by atoms with Crippen LogP contribution in [-0.2, 0) is 14.4 Å². The molecule has 1 aliphatic heterocycles. The highest BCUT2D eigenvalue weighted by Gasteiger charge is 2.27. The summed E-state index contributed by atoms with van der Waals surface area (Å²) in [6.07, 6.45) is 2.87. The largest absolute Gasteiger partial charge is 0.301 e. The Morgan fingerprint density at radius 2 is 1.82 bits per heavy atom. The first-order chi connectivity index (χ1) is 5.16. The van der Waals surface area contributed by atoms with Gasteiger partial charge in [-0.3, -0.25) is 14.5 Å². The average Bonchev–Trinajstić information content (AvgIpc) is 2.30. The molecule has 1 heterocycles. The summed E-state index contributed by atoms with van der Waals surface area (Å²) < 4.78 is 0. The Labute approximate surface area is 63.5 Å². The topological polar surface area (TPSA) is 54.5 Å². The fourth-order valence-electron chi connectivity index (χ4n) is 0.874. The van der Waals surface area contributed by atoms with E-state index in [2.05, 4.69) is 0 Å². The second-order valence-corrected chi connectivity index (χ2v) is 2.26. The van der Waals surface area contributed by atoms with E-state index in [1.807, 2.05) is 0 Å². The lowest BCUT2D eigenvalue weighted by Crippen LogP contribution is -2.38. The van der Waals surface area contributed by atoms with E-state index in [9.17, 15) is 14.4 Å². The zero-order valence-corrected chi connectivity index (χ0v) is 5.98. The van der Waals surface area contributed by atoms with E-state index in [1.54, 1.807) is 0 Å². The molecular formula is C7H7NO3. The molecule has 58 valence electrons. The quantitative estimate of drug-likeness (QED) is 0.397. The molecule has 1 atom stereocenters. The molecular weight excluding hydrogens is 146 g/mol. The van der Waals surface area contributed by atoms with Crippen molar-refractivity contribution in [2.75, 3.05) is 0 Å². The van der Waals surface area contributed by atoms with E-state index in [4.69, 9.17) is 0 Å². The van der Waals surface area contributed by atoms with Gasteiger partial charge in [0.25, 0.3) is 11.8 Å². The third kappa shape index (κ3) is 1.19. The molecule has 0 aliphatic carbocycles. The van der Waals surface area contributed by atoms with Gasteiger partial charge in [-0.05, 0) is 6.92 Å². The van der Waals surface area contributed by atoms with Crippen molar-refractivity contribution < 1.29 is 14.4 Å². The second kappa shape index (κ2) is 2.65. The zero-order chi connectivity index (χ0) is 8.43. The standard InChI is InChI=1S/C7H7NO3/c1-5(4-9)8-6(10)2-3-7(8)11/h2-5H,1H3. The van der Waals surface area contributed by atoms with Crippen molar-refractivity contribution in [3.05, 3.63) is 12.2 Å². The average molecular weight is 153 g/mol. The molecule has 11 heavy (non-hydrogen) atoms. The second-order valence-electron chi connectivity index (χ2n) is 2.26. The summed E-state index contributed by atoms with van der Waals surface area (Å²) in [6, 6.07) is -0.662.